The highest BCUT2D eigenvalue weighted by Crippen LogP contribution is 2.33. The SMILES string of the molecule is CCCC1CCC(NCC)C(CN2CCOCC2CO)C1. The molecule has 2 fully saturated rings. The zero-order valence-electron chi connectivity index (χ0n) is 13.9. The predicted octanol–water partition coefficient (Wildman–Crippen LogP) is 1.87. The fourth-order valence-corrected chi connectivity index (χ4v) is 4.16. The molecule has 0 aromatic heterocycles. The Morgan fingerprint density at radius 1 is 1.29 bits per heavy atom. The second-order valence-electron chi connectivity index (χ2n) is 6.80. The lowest BCUT2D eigenvalue weighted by Crippen LogP contribution is -2.53. The Kier molecular flexibility index (Phi) is 7.44. The molecule has 4 nitrogen and oxygen atoms in total. The Balaban J connectivity index is 1.94. The van der Waals surface area contributed by atoms with Crippen molar-refractivity contribution in [2.75, 3.05) is 39.5 Å². The molecule has 2 N–H and O–H groups in total. The molecule has 0 bridgehead atoms. The van der Waals surface area contributed by atoms with E-state index >= 15 is 0 Å². The van der Waals surface area contributed by atoms with Crippen LogP contribution in [0.4, 0.5) is 0 Å². The fraction of sp³-hybridized carbons (Fsp3) is 1.00. The molecule has 1 aliphatic carbocycles. The second-order valence-corrected chi connectivity index (χ2v) is 6.80. The molecule has 1 saturated heterocycles. The first kappa shape index (κ1) is 17.2. The van der Waals surface area contributed by atoms with E-state index in [-0.39, 0.29) is 12.6 Å². The van der Waals surface area contributed by atoms with Crippen LogP contribution in [0.15, 0.2) is 0 Å². The minimum Gasteiger partial charge on any atom is -0.395 e. The van der Waals surface area contributed by atoms with E-state index < -0.39 is 0 Å². The van der Waals surface area contributed by atoms with E-state index in [4.69, 9.17) is 4.74 Å². The van der Waals surface area contributed by atoms with Gasteiger partial charge < -0.3 is 15.2 Å². The Labute approximate surface area is 130 Å². The van der Waals surface area contributed by atoms with Crippen LogP contribution >= 0.6 is 0 Å². The van der Waals surface area contributed by atoms with Crippen molar-refractivity contribution in [3.63, 3.8) is 0 Å². The van der Waals surface area contributed by atoms with Crippen LogP contribution in [-0.4, -0.2) is 61.5 Å². The van der Waals surface area contributed by atoms with E-state index in [1.807, 2.05) is 0 Å². The quantitative estimate of drug-likeness (QED) is 0.753. The zero-order chi connectivity index (χ0) is 15.1. The Hall–Kier alpha value is -0.160. The standard InChI is InChI=1S/C17H34N2O2/c1-3-5-14-6-7-17(18-4-2)15(10-14)11-19-8-9-21-13-16(19)12-20/h14-18,20H,3-13H2,1-2H3. The fourth-order valence-electron chi connectivity index (χ4n) is 4.16. The monoisotopic (exact) mass is 298 g/mol. The van der Waals surface area contributed by atoms with Gasteiger partial charge in [0.2, 0.25) is 0 Å². The number of nitrogens with one attached hydrogen (secondary N) is 1. The van der Waals surface area contributed by atoms with Crippen LogP contribution in [0.1, 0.15) is 46.0 Å². The molecule has 4 unspecified atom stereocenters. The summed E-state index contributed by atoms with van der Waals surface area (Å²) in [5.41, 5.74) is 0. The minimum absolute atomic E-state index is 0.201. The van der Waals surface area contributed by atoms with Crippen LogP contribution in [0.2, 0.25) is 0 Å². The number of aliphatic hydroxyl groups excluding tert-OH is 1. The number of hydrogen-bond acceptors (Lipinski definition) is 4. The van der Waals surface area contributed by atoms with E-state index in [1.54, 1.807) is 0 Å². The summed E-state index contributed by atoms with van der Waals surface area (Å²) in [6.45, 7) is 9.38. The number of rotatable bonds is 7. The number of morpholine rings is 1. The van der Waals surface area contributed by atoms with Crippen LogP contribution in [0.3, 0.4) is 0 Å². The Morgan fingerprint density at radius 3 is 2.86 bits per heavy atom. The maximum atomic E-state index is 9.56. The van der Waals surface area contributed by atoms with Crippen LogP contribution in [0.5, 0.6) is 0 Å². The minimum atomic E-state index is 0.201. The van der Waals surface area contributed by atoms with E-state index in [2.05, 4.69) is 24.1 Å². The van der Waals surface area contributed by atoms with E-state index in [9.17, 15) is 5.11 Å². The molecule has 0 amide bonds. The summed E-state index contributed by atoms with van der Waals surface area (Å²) in [6, 6.07) is 0.859. The second kappa shape index (κ2) is 9.09. The predicted molar refractivity (Wildman–Crippen MR) is 86.5 cm³/mol. The number of hydrogen-bond donors (Lipinski definition) is 2. The first-order valence-corrected chi connectivity index (χ1v) is 8.94. The molecule has 2 aliphatic rings. The maximum absolute atomic E-state index is 9.56. The topological polar surface area (TPSA) is 44.7 Å². The number of ether oxygens (including phenoxy) is 1. The highest BCUT2D eigenvalue weighted by Gasteiger charge is 2.33. The van der Waals surface area contributed by atoms with Crippen molar-refractivity contribution in [1.82, 2.24) is 10.2 Å². The van der Waals surface area contributed by atoms with Gasteiger partial charge in [-0.1, -0.05) is 26.7 Å². The van der Waals surface area contributed by atoms with Gasteiger partial charge in [-0.2, -0.15) is 0 Å². The molecule has 124 valence electrons. The molecule has 1 heterocycles. The van der Waals surface area contributed by atoms with Crippen molar-refractivity contribution in [2.24, 2.45) is 11.8 Å². The molecule has 4 atom stereocenters. The largest absolute Gasteiger partial charge is 0.395 e. The highest BCUT2D eigenvalue weighted by atomic mass is 16.5. The van der Waals surface area contributed by atoms with E-state index in [0.717, 1.165) is 38.1 Å². The van der Waals surface area contributed by atoms with Crippen molar-refractivity contribution >= 4 is 0 Å². The third kappa shape index (κ3) is 4.92. The van der Waals surface area contributed by atoms with Gasteiger partial charge in [-0.05, 0) is 37.6 Å². The third-order valence-electron chi connectivity index (χ3n) is 5.28. The molecule has 4 heteroatoms. The van der Waals surface area contributed by atoms with Gasteiger partial charge in [0.05, 0.1) is 25.9 Å². The summed E-state index contributed by atoms with van der Waals surface area (Å²) < 4.78 is 5.51. The first-order valence-electron chi connectivity index (χ1n) is 8.94. The zero-order valence-corrected chi connectivity index (χ0v) is 13.9. The highest BCUT2D eigenvalue weighted by molar-refractivity contribution is 4.88. The van der Waals surface area contributed by atoms with Gasteiger partial charge in [-0.3, -0.25) is 4.90 Å². The van der Waals surface area contributed by atoms with Gasteiger partial charge >= 0.3 is 0 Å². The van der Waals surface area contributed by atoms with Crippen LogP contribution in [0, 0.1) is 11.8 Å². The molecule has 0 aromatic carbocycles. The lowest BCUT2D eigenvalue weighted by Gasteiger charge is -2.42. The molecule has 0 radical (unpaired) electrons. The summed E-state index contributed by atoms with van der Waals surface area (Å²) in [6.07, 6.45) is 6.73. The smallest absolute Gasteiger partial charge is 0.0644 e. The summed E-state index contributed by atoms with van der Waals surface area (Å²) in [4.78, 5) is 2.47. The molecular formula is C17H34N2O2. The third-order valence-corrected chi connectivity index (χ3v) is 5.28. The molecule has 1 aliphatic heterocycles. The van der Waals surface area contributed by atoms with Gasteiger partial charge in [0, 0.05) is 19.1 Å². The Bertz CT molecular complexity index is 288. The average Bonchev–Trinajstić information content (AvgIpc) is 2.51. The summed E-state index contributed by atoms with van der Waals surface area (Å²) >= 11 is 0. The number of aliphatic hydroxyl groups is 1. The molecule has 1 saturated carbocycles. The van der Waals surface area contributed by atoms with Crippen LogP contribution in [0.25, 0.3) is 0 Å². The van der Waals surface area contributed by atoms with Crippen LogP contribution < -0.4 is 5.32 Å². The summed E-state index contributed by atoms with van der Waals surface area (Å²) in [7, 11) is 0. The van der Waals surface area contributed by atoms with Crippen molar-refractivity contribution in [1.29, 1.82) is 0 Å². The normalized spacial score (nSPS) is 35.0. The van der Waals surface area contributed by atoms with E-state index in [1.165, 1.54) is 32.1 Å². The van der Waals surface area contributed by atoms with Gasteiger partial charge in [-0.25, -0.2) is 0 Å². The maximum Gasteiger partial charge on any atom is 0.0644 e. The van der Waals surface area contributed by atoms with Crippen molar-refractivity contribution in [3.05, 3.63) is 0 Å². The molecule has 0 spiro atoms. The van der Waals surface area contributed by atoms with Gasteiger partial charge in [-0.15, -0.1) is 0 Å². The van der Waals surface area contributed by atoms with E-state index in [0.29, 0.717) is 12.6 Å². The lowest BCUT2D eigenvalue weighted by molar-refractivity contribution is -0.0393. The number of nitrogens with zero attached hydrogens (tertiary/aromatic N) is 1. The van der Waals surface area contributed by atoms with Crippen molar-refractivity contribution in [2.45, 2.75) is 58.0 Å². The van der Waals surface area contributed by atoms with Gasteiger partial charge in [0.15, 0.2) is 0 Å². The summed E-state index contributed by atoms with van der Waals surface area (Å²) in [5.74, 6) is 1.63. The molecular weight excluding hydrogens is 264 g/mol. The molecule has 2 rings (SSSR count). The Morgan fingerprint density at radius 2 is 2.14 bits per heavy atom. The molecule has 0 aromatic rings. The molecule has 21 heavy (non-hydrogen) atoms. The van der Waals surface area contributed by atoms with Gasteiger partial charge in [0.1, 0.15) is 0 Å². The lowest BCUT2D eigenvalue weighted by atomic mass is 9.76. The van der Waals surface area contributed by atoms with Crippen molar-refractivity contribution < 1.29 is 9.84 Å². The van der Waals surface area contributed by atoms with Gasteiger partial charge in [0.25, 0.3) is 0 Å². The van der Waals surface area contributed by atoms with Crippen LogP contribution in [-0.2, 0) is 4.74 Å². The summed E-state index contributed by atoms with van der Waals surface area (Å²) in [5, 5.41) is 13.3. The average molecular weight is 298 g/mol. The first-order chi connectivity index (χ1) is 10.3. The van der Waals surface area contributed by atoms with Crippen molar-refractivity contribution in [3.8, 4) is 0 Å².